The zero-order valence-corrected chi connectivity index (χ0v) is 14.0. The fourth-order valence-electron chi connectivity index (χ4n) is 2.27. The highest BCUT2D eigenvalue weighted by Gasteiger charge is 2.15. The zero-order chi connectivity index (χ0) is 17.4. The molecule has 0 spiro atoms. The van der Waals surface area contributed by atoms with Crippen molar-refractivity contribution in [2.45, 2.75) is 13.0 Å². The number of carbonyl (C=O) groups excluding carboxylic acids is 1. The molecular formula is C20H23NO3. The molecule has 1 atom stereocenters. The zero-order valence-electron chi connectivity index (χ0n) is 14.0. The standard InChI is InChI=1S/C20H23NO3/c1-4-12-23-14-17(24-20(22)15(2)3)13-21-19-11-7-9-16-8-5-6-10-18(16)19/h4-11,17,21H,1-2,12-14H2,3H3. The van der Waals surface area contributed by atoms with Gasteiger partial charge in [-0.3, -0.25) is 0 Å². The van der Waals surface area contributed by atoms with Gasteiger partial charge in [0, 0.05) is 16.6 Å². The number of esters is 1. The van der Waals surface area contributed by atoms with Gasteiger partial charge in [-0.15, -0.1) is 6.58 Å². The molecule has 0 radical (unpaired) electrons. The normalized spacial score (nSPS) is 11.7. The second-order valence-corrected chi connectivity index (χ2v) is 5.54. The predicted molar refractivity (Wildman–Crippen MR) is 98.1 cm³/mol. The van der Waals surface area contributed by atoms with Crippen LogP contribution in [0.5, 0.6) is 0 Å². The summed E-state index contributed by atoms with van der Waals surface area (Å²) in [6.07, 6.45) is 1.25. The number of hydrogen-bond acceptors (Lipinski definition) is 4. The van der Waals surface area contributed by atoms with Crippen molar-refractivity contribution in [1.29, 1.82) is 0 Å². The predicted octanol–water partition coefficient (Wildman–Crippen LogP) is 3.94. The fraction of sp³-hybridized carbons (Fsp3) is 0.250. The van der Waals surface area contributed by atoms with E-state index in [0.29, 0.717) is 25.3 Å². The molecule has 0 aromatic heterocycles. The average molecular weight is 325 g/mol. The van der Waals surface area contributed by atoms with Crippen LogP contribution >= 0.6 is 0 Å². The molecule has 2 rings (SSSR count). The van der Waals surface area contributed by atoms with Crippen LogP contribution in [0.15, 0.2) is 67.3 Å². The summed E-state index contributed by atoms with van der Waals surface area (Å²) < 4.78 is 10.9. The van der Waals surface area contributed by atoms with E-state index in [-0.39, 0.29) is 0 Å². The molecule has 2 aromatic rings. The summed E-state index contributed by atoms with van der Waals surface area (Å²) in [5.74, 6) is -0.415. The van der Waals surface area contributed by atoms with E-state index >= 15 is 0 Å². The van der Waals surface area contributed by atoms with E-state index in [9.17, 15) is 4.79 Å². The largest absolute Gasteiger partial charge is 0.455 e. The molecule has 0 aliphatic heterocycles. The summed E-state index contributed by atoms with van der Waals surface area (Å²) in [6, 6.07) is 14.2. The number of nitrogens with one attached hydrogen (secondary N) is 1. The summed E-state index contributed by atoms with van der Waals surface area (Å²) in [6.45, 7) is 10.0. The minimum absolute atomic E-state index is 0.294. The molecule has 4 nitrogen and oxygen atoms in total. The number of hydrogen-bond donors (Lipinski definition) is 1. The molecule has 0 fully saturated rings. The maximum atomic E-state index is 11.8. The first-order valence-electron chi connectivity index (χ1n) is 7.88. The van der Waals surface area contributed by atoms with Crippen molar-refractivity contribution in [1.82, 2.24) is 0 Å². The van der Waals surface area contributed by atoms with E-state index in [1.165, 1.54) is 0 Å². The summed E-state index contributed by atoms with van der Waals surface area (Å²) in [5.41, 5.74) is 1.36. The topological polar surface area (TPSA) is 47.6 Å². The van der Waals surface area contributed by atoms with Gasteiger partial charge in [-0.05, 0) is 18.4 Å². The van der Waals surface area contributed by atoms with Crippen LogP contribution in [-0.4, -0.2) is 31.8 Å². The second kappa shape index (κ2) is 8.89. The third-order valence-corrected chi connectivity index (χ3v) is 3.47. The van der Waals surface area contributed by atoms with Crippen LogP contribution in [-0.2, 0) is 14.3 Å². The van der Waals surface area contributed by atoms with E-state index < -0.39 is 12.1 Å². The summed E-state index contributed by atoms with van der Waals surface area (Å²) >= 11 is 0. The molecule has 1 unspecified atom stereocenters. The highest BCUT2D eigenvalue weighted by atomic mass is 16.6. The fourth-order valence-corrected chi connectivity index (χ4v) is 2.27. The Labute approximate surface area is 142 Å². The van der Waals surface area contributed by atoms with Crippen molar-refractivity contribution in [3.05, 3.63) is 67.3 Å². The van der Waals surface area contributed by atoms with Crippen LogP contribution in [0.1, 0.15) is 6.92 Å². The van der Waals surface area contributed by atoms with Gasteiger partial charge in [0.05, 0.1) is 19.8 Å². The average Bonchev–Trinajstić information content (AvgIpc) is 2.59. The Bertz CT molecular complexity index is 718. The van der Waals surface area contributed by atoms with Crippen LogP contribution in [0.3, 0.4) is 0 Å². The Hall–Kier alpha value is -2.59. The van der Waals surface area contributed by atoms with Gasteiger partial charge in [-0.1, -0.05) is 49.1 Å². The summed E-state index contributed by atoms with van der Waals surface area (Å²) in [5, 5.41) is 5.62. The summed E-state index contributed by atoms with van der Waals surface area (Å²) in [4.78, 5) is 11.8. The molecule has 0 saturated heterocycles. The lowest BCUT2D eigenvalue weighted by Crippen LogP contribution is -2.31. The first-order valence-corrected chi connectivity index (χ1v) is 7.88. The van der Waals surface area contributed by atoms with E-state index in [1.807, 2.05) is 24.3 Å². The second-order valence-electron chi connectivity index (χ2n) is 5.54. The molecule has 0 bridgehead atoms. The van der Waals surface area contributed by atoms with Gasteiger partial charge < -0.3 is 14.8 Å². The van der Waals surface area contributed by atoms with E-state index in [2.05, 4.69) is 36.7 Å². The number of carbonyl (C=O) groups is 1. The number of benzene rings is 2. The molecule has 1 N–H and O–H groups in total. The molecular weight excluding hydrogens is 302 g/mol. The Balaban J connectivity index is 2.06. The molecule has 0 aliphatic rings. The van der Waals surface area contributed by atoms with Crippen molar-refractivity contribution in [3.8, 4) is 0 Å². The first-order chi connectivity index (χ1) is 11.6. The number of rotatable bonds is 9. The van der Waals surface area contributed by atoms with Crippen molar-refractivity contribution >= 4 is 22.4 Å². The van der Waals surface area contributed by atoms with Crippen molar-refractivity contribution in [2.75, 3.05) is 25.1 Å². The van der Waals surface area contributed by atoms with Crippen LogP contribution in [0.4, 0.5) is 5.69 Å². The maximum absolute atomic E-state index is 11.8. The van der Waals surface area contributed by atoms with E-state index in [1.54, 1.807) is 13.0 Å². The van der Waals surface area contributed by atoms with Crippen LogP contribution < -0.4 is 5.32 Å². The Kier molecular flexibility index (Phi) is 6.58. The minimum atomic E-state index is -0.415. The van der Waals surface area contributed by atoms with Gasteiger partial charge in [0.25, 0.3) is 0 Å². The molecule has 4 heteroatoms. The van der Waals surface area contributed by atoms with Gasteiger partial charge in [-0.2, -0.15) is 0 Å². The molecule has 0 amide bonds. The van der Waals surface area contributed by atoms with Crippen LogP contribution in [0.2, 0.25) is 0 Å². The number of anilines is 1. The molecule has 2 aromatic carbocycles. The molecule has 0 aliphatic carbocycles. The van der Waals surface area contributed by atoms with Crippen LogP contribution in [0.25, 0.3) is 10.8 Å². The Morgan fingerprint density at radius 3 is 2.75 bits per heavy atom. The Morgan fingerprint density at radius 1 is 1.25 bits per heavy atom. The summed E-state index contributed by atoms with van der Waals surface area (Å²) in [7, 11) is 0. The van der Waals surface area contributed by atoms with Gasteiger partial charge in [0.15, 0.2) is 0 Å². The SMILES string of the molecule is C=CCOCC(CNc1cccc2ccccc12)OC(=O)C(=C)C. The van der Waals surface area contributed by atoms with Crippen molar-refractivity contribution < 1.29 is 14.3 Å². The van der Waals surface area contributed by atoms with E-state index in [0.717, 1.165) is 16.5 Å². The molecule has 126 valence electrons. The quantitative estimate of drug-likeness (QED) is 0.328. The van der Waals surface area contributed by atoms with Crippen molar-refractivity contribution in [3.63, 3.8) is 0 Å². The number of fused-ring (bicyclic) bond motifs is 1. The lowest BCUT2D eigenvalue weighted by atomic mass is 10.1. The van der Waals surface area contributed by atoms with Crippen molar-refractivity contribution in [2.24, 2.45) is 0 Å². The molecule has 0 saturated carbocycles. The van der Waals surface area contributed by atoms with Gasteiger partial charge in [0.1, 0.15) is 6.10 Å². The van der Waals surface area contributed by atoms with Gasteiger partial charge in [-0.25, -0.2) is 4.79 Å². The lowest BCUT2D eigenvalue weighted by Gasteiger charge is -2.19. The van der Waals surface area contributed by atoms with E-state index in [4.69, 9.17) is 9.47 Å². The number of ether oxygens (including phenoxy) is 2. The van der Waals surface area contributed by atoms with Crippen LogP contribution in [0, 0.1) is 0 Å². The van der Waals surface area contributed by atoms with Gasteiger partial charge >= 0.3 is 5.97 Å². The molecule has 0 heterocycles. The highest BCUT2D eigenvalue weighted by molar-refractivity contribution is 5.93. The first kappa shape index (κ1) is 17.8. The van der Waals surface area contributed by atoms with Gasteiger partial charge in [0.2, 0.25) is 0 Å². The lowest BCUT2D eigenvalue weighted by molar-refractivity contribution is -0.146. The minimum Gasteiger partial charge on any atom is -0.455 e. The molecule has 24 heavy (non-hydrogen) atoms. The maximum Gasteiger partial charge on any atom is 0.333 e. The highest BCUT2D eigenvalue weighted by Crippen LogP contribution is 2.23. The monoisotopic (exact) mass is 325 g/mol. The smallest absolute Gasteiger partial charge is 0.333 e. The third kappa shape index (κ3) is 4.96. The third-order valence-electron chi connectivity index (χ3n) is 3.47. The Morgan fingerprint density at radius 2 is 2.00 bits per heavy atom.